The molecule has 1 aromatic heterocycles. The molecule has 0 bridgehead atoms. The molecule has 1 aliphatic heterocycles. The SMILES string of the molecule is CCOc1ncc(C2(O)CCC(N3CC[C@@H](CC(=O)CNC(=O)c4cccc(C(F)(F)F)c4)C3)CC2)cn1. The number of aliphatic hydroxyl groups is 1. The molecule has 2 N–H and O–H groups in total. The minimum atomic E-state index is -4.54. The van der Waals surface area contributed by atoms with Crippen LogP contribution in [0.4, 0.5) is 13.2 Å². The molecule has 2 aliphatic rings. The minimum absolute atomic E-state index is 0.131. The summed E-state index contributed by atoms with van der Waals surface area (Å²) in [5, 5.41) is 13.6. The first-order chi connectivity index (χ1) is 18.1. The Kier molecular flexibility index (Phi) is 8.67. The number of amides is 1. The number of nitrogens with one attached hydrogen (secondary N) is 1. The Morgan fingerprint density at radius 1 is 1.18 bits per heavy atom. The lowest BCUT2D eigenvalue weighted by atomic mass is 9.78. The molecule has 2 aromatic rings. The highest BCUT2D eigenvalue weighted by Gasteiger charge is 2.39. The molecular weight excluding hydrogens is 501 g/mol. The molecule has 0 radical (unpaired) electrons. The van der Waals surface area contributed by atoms with Crippen LogP contribution in [0.15, 0.2) is 36.7 Å². The van der Waals surface area contributed by atoms with Crippen LogP contribution < -0.4 is 10.1 Å². The van der Waals surface area contributed by atoms with Gasteiger partial charge < -0.3 is 20.1 Å². The summed E-state index contributed by atoms with van der Waals surface area (Å²) in [6.45, 7) is 3.74. The van der Waals surface area contributed by atoms with Gasteiger partial charge in [-0.15, -0.1) is 0 Å². The first-order valence-corrected chi connectivity index (χ1v) is 13.0. The van der Waals surface area contributed by atoms with E-state index in [2.05, 4.69) is 20.2 Å². The smallest absolute Gasteiger partial charge is 0.416 e. The summed E-state index contributed by atoms with van der Waals surface area (Å²) in [7, 11) is 0. The fraction of sp³-hybridized carbons (Fsp3) is 0.556. The van der Waals surface area contributed by atoms with E-state index in [1.54, 1.807) is 12.4 Å². The number of aromatic nitrogens is 2. The molecule has 1 atom stereocenters. The number of alkyl halides is 3. The van der Waals surface area contributed by atoms with E-state index < -0.39 is 23.2 Å². The standard InChI is InChI=1S/C27H33F3N4O4/c1-2-38-25-32-14-21(15-33-25)26(37)9-6-22(7-10-26)34-11-8-18(17-34)12-23(35)16-31-24(36)19-4-3-5-20(13-19)27(28,29)30/h3-5,13-15,18,22,37H,2,6-12,16-17H2,1H3,(H,31,36)/t18-,22?,26?/m0/s1. The minimum Gasteiger partial charge on any atom is -0.464 e. The van der Waals surface area contributed by atoms with Gasteiger partial charge in [0.25, 0.3) is 5.91 Å². The zero-order valence-corrected chi connectivity index (χ0v) is 21.3. The Balaban J connectivity index is 1.21. The molecule has 206 valence electrons. The van der Waals surface area contributed by atoms with Crippen molar-refractivity contribution in [1.29, 1.82) is 0 Å². The summed E-state index contributed by atoms with van der Waals surface area (Å²) < 4.78 is 43.9. The first kappa shape index (κ1) is 28.0. The molecule has 0 spiro atoms. The van der Waals surface area contributed by atoms with E-state index in [-0.39, 0.29) is 23.8 Å². The third-order valence-electron chi connectivity index (χ3n) is 7.47. The van der Waals surface area contributed by atoms with Crippen LogP contribution in [-0.2, 0) is 16.6 Å². The van der Waals surface area contributed by atoms with Crippen molar-refractivity contribution >= 4 is 11.7 Å². The molecule has 2 heterocycles. The summed E-state index contributed by atoms with van der Waals surface area (Å²) >= 11 is 0. The molecule has 1 saturated heterocycles. The van der Waals surface area contributed by atoms with Crippen LogP contribution in [-0.4, -0.2) is 63.9 Å². The highest BCUT2D eigenvalue weighted by atomic mass is 19.4. The number of carbonyl (C=O) groups excluding carboxylic acids is 2. The number of benzene rings is 1. The number of ether oxygens (including phenoxy) is 1. The predicted molar refractivity (Wildman–Crippen MR) is 132 cm³/mol. The van der Waals surface area contributed by atoms with Gasteiger partial charge in [-0.05, 0) is 69.7 Å². The van der Waals surface area contributed by atoms with Crippen LogP contribution in [0.2, 0.25) is 0 Å². The van der Waals surface area contributed by atoms with Crippen molar-refractivity contribution in [3.05, 3.63) is 53.3 Å². The van der Waals surface area contributed by atoms with E-state index in [1.165, 1.54) is 12.1 Å². The van der Waals surface area contributed by atoms with Gasteiger partial charge in [0.05, 0.1) is 24.3 Å². The molecule has 2 fully saturated rings. The quantitative estimate of drug-likeness (QED) is 0.505. The molecule has 38 heavy (non-hydrogen) atoms. The zero-order chi connectivity index (χ0) is 27.3. The number of hydrogen-bond acceptors (Lipinski definition) is 7. The Hall–Kier alpha value is -3.05. The highest BCUT2D eigenvalue weighted by Crippen LogP contribution is 2.39. The fourth-order valence-electron chi connectivity index (χ4n) is 5.37. The van der Waals surface area contributed by atoms with Gasteiger partial charge >= 0.3 is 12.2 Å². The van der Waals surface area contributed by atoms with Crippen molar-refractivity contribution in [2.24, 2.45) is 5.92 Å². The predicted octanol–water partition coefficient (Wildman–Crippen LogP) is 3.74. The Labute approximate surface area is 219 Å². The topological polar surface area (TPSA) is 105 Å². The maximum atomic E-state index is 12.9. The molecule has 1 saturated carbocycles. The van der Waals surface area contributed by atoms with Gasteiger partial charge in [-0.1, -0.05) is 6.07 Å². The second-order valence-electron chi connectivity index (χ2n) is 10.1. The van der Waals surface area contributed by atoms with Crippen molar-refractivity contribution in [3.8, 4) is 6.01 Å². The molecule has 1 aromatic carbocycles. The lowest BCUT2D eigenvalue weighted by Gasteiger charge is -2.39. The van der Waals surface area contributed by atoms with E-state index in [4.69, 9.17) is 4.74 Å². The number of halogens is 3. The van der Waals surface area contributed by atoms with Crippen LogP contribution in [0.3, 0.4) is 0 Å². The zero-order valence-electron chi connectivity index (χ0n) is 21.3. The Morgan fingerprint density at radius 2 is 1.89 bits per heavy atom. The number of likely N-dealkylation sites (tertiary alicyclic amines) is 1. The molecule has 8 nitrogen and oxygen atoms in total. The highest BCUT2D eigenvalue weighted by molar-refractivity contribution is 5.96. The molecule has 0 unspecified atom stereocenters. The number of hydrogen-bond donors (Lipinski definition) is 2. The van der Waals surface area contributed by atoms with Crippen molar-refractivity contribution in [2.75, 3.05) is 26.2 Å². The lowest BCUT2D eigenvalue weighted by molar-refractivity contribution is -0.137. The molecular formula is C27H33F3N4O4. The van der Waals surface area contributed by atoms with Crippen molar-refractivity contribution in [1.82, 2.24) is 20.2 Å². The number of Topliss-reactive ketones (excluding diaryl/α,β-unsaturated/α-hetero) is 1. The van der Waals surface area contributed by atoms with Gasteiger partial charge in [0, 0.05) is 42.5 Å². The summed E-state index contributed by atoms with van der Waals surface area (Å²) in [5.74, 6) is -0.691. The fourth-order valence-corrected chi connectivity index (χ4v) is 5.37. The summed E-state index contributed by atoms with van der Waals surface area (Å²) in [5.41, 5.74) is -1.31. The van der Waals surface area contributed by atoms with E-state index in [0.29, 0.717) is 43.5 Å². The van der Waals surface area contributed by atoms with Crippen LogP contribution in [0.5, 0.6) is 6.01 Å². The van der Waals surface area contributed by atoms with Gasteiger partial charge in [0.2, 0.25) is 0 Å². The van der Waals surface area contributed by atoms with E-state index in [0.717, 1.165) is 44.5 Å². The number of rotatable bonds is 9. The molecule has 1 aliphatic carbocycles. The molecule has 4 rings (SSSR count). The molecule has 1 amide bonds. The van der Waals surface area contributed by atoms with Crippen LogP contribution in [0, 0.1) is 5.92 Å². The van der Waals surface area contributed by atoms with Gasteiger partial charge in [0.15, 0.2) is 5.78 Å². The number of ketones is 1. The Bertz CT molecular complexity index is 1120. The summed E-state index contributed by atoms with van der Waals surface area (Å²) in [4.78, 5) is 35.4. The van der Waals surface area contributed by atoms with Gasteiger partial charge in [-0.25, -0.2) is 9.97 Å². The van der Waals surface area contributed by atoms with E-state index in [9.17, 15) is 27.9 Å². The van der Waals surface area contributed by atoms with Gasteiger partial charge in [-0.3, -0.25) is 9.59 Å². The second-order valence-corrected chi connectivity index (χ2v) is 10.1. The van der Waals surface area contributed by atoms with Crippen molar-refractivity contribution in [2.45, 2.75) is 63.3 Å². The van der Waals surface area contributed by atoms with Crippen LogP contribution in [0.1, 0.15) is 66.9 Å². The molecule has 11 heteroatoms. The number of carbonyl (C=O) groups is 2. The monoisotopic (exact) mass is 534 g/mol. The van der Waals surface area contributed by atoms with Crippen molar-refractivity contribution < 1.29 is 32.6 Å². The normalized spacial score (nSPS) is 24.2. The third-order valence-corrected chi connectivity index (χ3v) is 7.47. The van der Waals surface area contributed by atoms with E-state index >= 15 is 0 Å². The van der Waals surface area contributed by atoms with E-state index in [1.807, 2.05) is 6.92 Å². The first-order valence-electron chi connectivity index (χ1n) is 13.0. The van der Waals surface area contributed by atoms with Gasteiger partial charge in [-0.2, -0.15) is 13.2 Å². The maximum absolute atomic E-state index is 12.9. The van der Waals surface area contributed by atoms with Crippen molar-refractivity contribution in [3.63, 3.8) is 0 Å². The number of nitrogens with zero attached hydrogens (tertiary/aromatic N) is 3. The average Bonchev–Trinajstić information content (AvgIpc) is 3.36. The third kappa shape index (κ3) is 6.87. The summed E-state index contributed by atoms with van der Waals surface area (Å²) in [6.07, 6.45) is 2.70. The lowest BCUT2D eigenvalue weighted by Crippen LogP contribution is -2.41. The average molecular weight is 535 g/mol. The second kappa shape index (κ2) is 11.8. The van der Waals surface area contributed by atoms with Crippen LogP contribution in [0.25, 0.3) is 0 Å². The largest absolute Gasteiger partial charge is 0.464 e. The van der Waals surface area contributed by atoms with Crippen LogP contribution >= 0.6 is 0 Å². The Morgan fingerprint density at radius 3 is 2.55 bits per heavy atom. The summed E-state index contributed by atoms with van der Waals surface area (Å²) in [6, 6.07) is 4.75. The maximum Gasteiger partial charge on any atom is 0.416 e. The van der Waals surface area contributed by atoms with Gasteiger partial charge in [0.1, 0.15) is 0 Å².